The average Bonchev–Trinajstić information content (AvgIpc) is 3.32. The molecule has 174 valence electrons. The van der Waals surface area contributed by atoms with Crippen molar-refractivity contribution in [2.45, 2.75) is 0 Å². The summed E-state index contributed by atoms with van der Waals surface area (Å²) in [5.41, 5.74) is 8.22. The van der Waals surface area contributed by atoms with Crippen LogP contribution in [0.2, 0.25) is 0 Å². The van der Waals surface area contributed by atoms with E-state index in [2.05, 4.69) is 82.3 Å². The maximum Gasteiger partial charge on any atom is 0.160 e. The number of fused-ring (bicyclic) bond motifs is 3. The Bertz CT molecular complexity index is 1740. The maximum absolute atomic E-state index is 4.95. The van der Waals surface area contributed by atoms with Crippen LogP contribution >= 0.6 is 0 Å². The zero-order chi connectivity index (χ0) is 24.6. The summed E-state index contributed by atoms with van der Waals surface area (Å²) in [6, 6.07) is 41.8. The normalized spacial score (nSPS) is 11.2. The average molecular weight is 475 g/mol. The molecule has 0 bridgehead atoms. The number of aromatic nitrogens is 4. The summed E-state index contributed by atoms with van der Waals surface area (Å²) in [5.74, 6) is 0.698. The number of pyridine rings is 1. The first-order chi connectivity index (χ1) is 18.3. The minimum Gasteiger partial charge on any atom is -0.309 e. The molecule has 7 aromatic rings. The van der Waals surface area contributed by atoms with Crippen LogP contribution in [0.15, 0.2) is 134 Å². The fourth-order valence-electron chi connectivity index (χ4n) is 4.96. The monoisotopic (exact) mass is 474 g/mol. The van der Waals surface area contributed by atoms with Crippen molar-refractivity contribution < 1.29 is 0 Å². The molecule has 0 spiro atoms. The van der Waals surface area contributed by atoms with E-state index in [1.54, 1.807) is 6.20 Å². The predicted octanol–water partition coefficient (Wildman–Crippen LogP) is 7.97. The van der Waals surface area contributed by atoms with E-state index in [1.165, 1.54) is 21.8 Å². The summed E-state index contributed by atoms with van der Waals surface area (Å²) < 4.78 is 2.32. The predicted molar refractivity (Wildman–Crippen MR) is 150 cm³/mol. The number of hydrogen-bond donors (Lipinski definition) is 0. The van der Waals surface area contributed by atoms with Crippen LogP contribution in [0.25, 0.3) is 61.4 Å². The molecule has 4 heteroatoms. The van der Waals surface area contributed by atoms with E-state index in [4.69, 9.17) is 9.97 Å². The van der Waals surface area contributed by atoms with Gasteiger partial charge in [-0.15, -0.1) is 0 Å². The number of hydrogen-bond acceptors (Lipinski definition) is 3. The highest BCUT2D eigenvalue weighted by Gasteiger charge is 2.13. The van der Waals surface area contributed by atoms with Crippen LogP contribution in [0.1, 0.15) is 0 Å². The summed E-state index contributed by atoms with van der Waals surface area (Å²) in [5, 5.41) is 2.51. The Kier molecular flexibility index (Phi) is 5.07. The van der Waals surface area contributed by atoms with Crippen LogP contribution in [0.3, 0.4) is 0 Å². The molecule has 0 saturated heterocycles. The SMILES string of the molecule is c1ccc(-c2nc(-c3ccc(-n4c5ccccc5c5ccccc54)cc3)cc(-c3cccnc3)n2)cc1. The molecule has 4 nitrogen and oxygen atoms in total. The van der Waals surface area contributed by atoms with E-state index < -0.39 is 0 Å². The summed E-state index contributed by atoms with van der Waals surface area (Å²) >= 11 is 0. The highest BCUT2D eigenvalue weighted by Crippen LogP contribution is 2.33. The Morgan fingerprint density at radius 1 is 0.486 bits per heavy atom. The molecular weight excluding hydrogens is 452 g/mol. The lowest BCUT2D eigenvalue weighted by Gasteiger charge is -2.11. The Labute approximate surface area is 214 Å². The highest BCUT2D eigenvalue weighted by atomic mass is 15.0. The summed E-state index contributed by atoms with van der Waals surface area (Å²) in [6.45, 7) is 0. The van der Waals surface area contributed by atoms with Crippen molar-refractivity contribution >= 4 is 21.8 Å². The van der Waals surface area contributed by atoms with Gasteiger partial charge in [-0.3, -0.25) is 4.98 Å². The van der Waals surface area contributed by atoms with Crippen LogP contribution in [0.4, 0.5) is 0 Å². The first kappa shape index (κ1) is 21.2. The first-order valence-corrected chi connectivity index (χ1v) is 12.3. The summed E-state index contributed by atoms with van der Waals surface area (Å²) in [7, 11) is 0. The van der Waals surface area contributed by atoms with Crippen molar-refractivity contribution in [3.63, 3.8) is 0 Å². The lowest BCUT2D eigenvalue weighted by atomic mass is 10.1. The minimum absolute atomic E-state index is 0.698. The van der Waals surface area contributed by atoms with Gasteiger partial charge in [0.25, 0.3) is 0 Å². The third-order valence-electron chi connectivity index (χ3n) is 6.72. The summed E-state index contributed by atoms with van der Waals surface area (Å²) in [4.78, 5) is 14.1. The second-order valence-corrected chi connectivity index (χ2v) is 8.99. The number of para-hydroxylation sites is 2. The Hall–Kier alpha value is -5.09. The lowest BCUT2D eigenvalue weighted by Crippen LogP contribution is -1.97. The van der Waals surface area contributed by atoms with Crippen molar-refractivity contribution in [3.05, 3.63) is 134 Å². The Balaban J connectivity index is 1.37. The van der Waals surface area contributed by atoms with Crippen molar-refractivity contribution in [2.24, 2.45) is 0 Å². The van der Waals surface area contributed by atoms with Gasteiger partial charge in [-0.1, -0.05) is 78.9 Å². The molecule has 0 aliphatic carbocycles. The van der Waals surface area contributed by atoms with Crippen LogP contribution < -0.4 is 0 Å². The van der Waals surface area contributed by atoms with Crippen molar-refractivity contribution in [2.75, 3.05) is 0 Å². The standard InChI is InChI=1S/C33H22N4/c1-2-9-24(10-3-1)33-35-29(21-30(36-33)25-11-8-20-34-22-25)23-16-18-26(19-17-23)37-31-14-6-4-12-27(31)28-13-5-7-15-32(28)37/h1-22H. The van der Waals surface area contributed by atoms with E-state index in [0.717, 1.165) is 33.8 Å². The topological polar surface area (TPSA) is 43.6 Å². The van der Waals surface area contributed by atoms with Crippen LogP contribution in [-0.2, 0) is 0 Å². The fourth-order valence-corrected chi connectivity index (χ4v) is 4.96. The molecule has 0 saturated carbocycles. The maximum atomic E-state index is 4.95. The minimum atomic E-state index is 0.698. The molecule has 0 atom stereocenters. The van der Waals surface area contributed by atoms with Gasteiger partial charge in [-0.05, 0) is 42.5 Å². The third-order valence-corrected chi connectivity index (χ3v) is 6.72. The second-order valence-electron chi connectivity index (χ2n) is 8.99. The smallest absolute Gasteiger partial charge is 0.160 e. The van der Waals surface area contributed by atoms with Crippen LogP contribution in [0, 0.1) is 0 Å². The largest absolute Gasteiger partial charge is 0.309 e. The number of nitrogens with zero attached hydrogens (tertiary/aromatic N) is 4. The Morgan fingerprint density at radius 3 is 1.73 bits per heavy atom. The Morgan fingerprint density at radius 2 is 1.08 bits per heavy atom. The van der Waals surface area contributed by atoms with Crippen molar-refractivity contribution in [1.82, 2.24) is 19.5 Å². The molecule has 4 aromatic carbocycles. The van der Waals surface area contributed by atoms with Crippen LogP contribution in [0.5, 0.6) is 0 Å². The molecule has 3 aromatic heterocycles. The molecule has 0 aliphatic rings. The number of rotatable bonds is 4. The molecule has 7 rings (SSSR count). The quantitative estimate of drug-likeness (QED) is 0.260. The molecule has 3 heterocycles. The van der Waals surface area contributed by atoms with Gasteiger partial charge in [0.15, 0.2) is 5.82 Å². The van der Waals surface area contributed by atoms with Gasteiger partial charge in [0.2, 0.25) is 0 Å². The van der Waals surface area contributed by atoms with Gasteiger partial charge < -0.3 is 4.57 Å². The van der Waals surface area contributed by atoms with E-state index in [1.807, 2.05) is 54.7 Å². The highest BCUT2D eigenvalue weighted by molar-refractivity contribution is 6.09. The molecule has 0 N–H and O–H groups in total. The van der Waals surface area contributed by atoms with Gasteiger partial charge in [0.05, 0.1) is 22.4 Å². The zero-order valence-corrected chi connectivity index (χ0v) is 20.0. The number of benzene rings is 4. The molecule has 0 fully saturated rings. The van der Waals surface area contributed by atoms with E-state index >= 15 is 0 Å². The molecular formula is C33H22N4. The second kappa shape index (κ2) is 8.85. The first-order valence-electron chi connectivity index (χ1n) is 12.3. The van der Waals surface area contributed by atoms with Crippen LogP contribution in [-0.4, -0.2) is 19.5 Å². The molecule has 0 amide bonds. The molecule has 0 aliphatic heterocycles. The van der Waals surface area contributed by atoms with Gasteiger partial charge in [-0.2, -0.15) is 0 Å². The van der Waals surface area contributed by atoms with E-state index in [9.17, 15) is 0 Å². The lowest BCUT2D eigenvalue weighted by molar-refractivity contribution is 1.17. The van der Waals surface area contributed by atoms with Gasteiger partial charge >= 0.3 is 0 Å². The molecule has 0 radical (unpaired) electrons. The summed E-state index contributed by atoms with van der Waals surface area (Å²) in [6.07, 6.45) is 3.61. The van der Waals surface area contributed by atoms with E-state index in [-0.39, 0.29) is 0 Å². The van der Waals surface area contributed by atoms with Crippen molar-refractivity contribution in [3.8, 4) is 39.6 Å². The fraction of sp³-hybridized carbons (Fsp3) is 0. The van der Waals surface area contributed by atoms with Gasteiger partial charge in [-0.25, -0.2) is 9.97 Å². The zero-order valence-electron chi connectivity index (χ0n) is 20.0. The van der Waals surface area contributed by atoms with Crippen molar-refractivity contribution in [1.29, 1.82) is 0 Å². The molecule has 0 unspecified atom stereocenters. The van der Waals surface area contributed by atoms with E-state index in [0.29, 0.717) is 5.82 Å². The molecule has 37 heavy (non-hydrogen) atoms. The van der Waals surface area contributed by atoms with Gasteiger partial charge in [0, 0.05) is 45.5 Å². The third kappa shape index (κ3) is 3.76. The van der Waals surface area contributed by atoms with Gasteiger partial charge in [0.1, 0.15) is 0 Å².